The van der Waals surface area contributed by atoms with Gasteiger partial charge in [0.2, 0.25) is 0 Å². The summed E-state index contributed by atoms with van der Waals surface area (Å²) in [7, 11) is 1.68. The minimum Gasteiger partial charge on any atom is -0.383 e. The topological polar surface area (TPSA) is 113 Å². The molecule has 1 aliphatic rings. The lowest BCUT2D eigenvalue weighted by Gasteiger charge is -2.29. The molecular formula is C22H19F4N7O2. The molecule has 0 spiro atoms. The predicted molar refractivity (Wildman–Crippen MR) is 119 cm³/mol. The van der Waals surface area contributed by atoms with Crippen LogP contribution in [0.3, 0.4) is 0 Å². The van der Waals surface area contributed by atoms with Crippen LogP contribution in [-0.4, -0.2) is 60.6 Å². The van der Waals surface area contributed by atoms with Crippen LogP contribution < -0.4 is 10.7 Å². The van der Waals surface area contributed by atoms with Crippen LogP contribution in [0.1, 0.15) is 15.9 Å². The van der Waals surface area contributed by atoms with E-state index in [0.717, 1.165) is 11.1 Å². The van der Waals surface area contributed by atoms with E-state index >= 15 is 0 Å². The van der Waals surface area contributed by atoms with Gasteiger partial charge in [-0.3, -0.25) is 14.5 Å². The zero-order valence-electron chi connectivity index (χ0n) is 18.5. The first kappa shape index (κ1) is 22.8. The standard InChI is InChI=1S/C22H19F4N7O2/c1-11-6-16-13(17-14(18(27)30-16)8-29-31(17)2)7-12(11)20(34)33-10-21(35,22(24,25)26)9-32(33)19-15(23)4-3-5-28-19/h3-8,35H,9-10H2,1-2H3,(H2,27,30). The lowest BCUT2D eigenvalue weighted by atomic mass is 10.0. The molecule has 0 aliphatic carbocycles. The molecule has 182 valence electrons. The summed E-state index contributed by atoms with van der Waals surface area (Å²) in [5.74, 6) is -2.08. The number of nitrogen functional groups attached to an aromatic ring is 1. The SMILES string of the molecule is Cc1cc2nc(N)c3cnn(C)c3c2cc1C(=O)N1CC(O)(C(F)(F)F)CN1c1ncccc1F. The molecule has 4 heterocycles. The van der Waals surface area contributed by atoms with Crippen LogP contribution in [-0.2, 0) is 7.05 Å². The van der Waals surface area contributed by atoms with Crippen molar-refractivity contribution < 1.29 is 27.5 Å². The van der Waals surface area contributed by atoms with Crippen LogP contribution in [0.25, 0.3) is 21.8 Å². The molecule has 3 aromatic heterocycles. The Bertz CT molecular complexity index is 1500. The minimum atomic E-state index is -5.08. The van der Waals surface area contributed by atoms with E-state index < -0.39 is 42.4 Å². The van der Waals surface area contributed by atoms with Gasteiger partial charge in [-0.05, 0) is 36.8 Å². The van der Waals surface area contributed by atoms with Gasteiger partial charge in [0.15, 0.2) is 17.2 Å². The number of hydrogen-bond donors (Lipinski definition) is 2. The number of benzene rings is 1. The Morgan fingerprint density at radius 3 is 2.66 bits per heavy atom. The number of alkyl halides is 3. The van der Waals surface area contributed by atoms with E-state index in [0.29, 0.717) is 32.4 Å². The second-order valence-electron chi connectivity index (χ2n) is 8.47. The number of aromatic nitrogens is 4. The second-order valence-corrected chi connectivity index (χ2v) is 8.47. The second kappa shape index (κ2) is 7.50. The number of pyridine rings is 2. The molecule has 1 atom stereocenters. The van der Waals surface area contributed by atoms with Crippen molar-refractivity contribution in [2.75, 3.05) is 23.8 Å². The van der Waals surface area contributed by atoms with Crippen molar-refractivity contribution >= 4 is 39.3 Å². The van der Waals surface area contributed by atoms with Crippen LogP contribution >= 0.6 is 0 Å². The molecule has 5 rings (SSSR count). The number of hydrogen-bond acceptors (Lipinski definition) is 7. The minimum absolute atomic E-state index is 0.0411. The summed E-state index contributed by atoms with van der Waals surface area (Å²) in [5.41, 5.74) is 4.23. The maximum absolute atomic E-state index is 14.5. The predicted octanol–water partition coefficient (Wildman–Crippen LogP) is 2.72. The molecule has 13 heteroatoms. The van der Waals surface area contributed by atoms with Gasteiger partial charge >= 0.3 is 6.18 Å². The van der Waals surface area contributed by atoms with Gasteiger partial charge in [0.05, 0.1) is 35.7 Å². The summed E-state index contributed by atoms with van der Waals surface area (Å²) < 4.78 is 57.2. The normalized spacial score (nSPS) is 18.7. The molecule has 9 nitrogen and oxygen atoms in total. The Hall–Kier alpha value is -4.00. The van der Waals surface area contributed by atoms with Gasteiger partial charge in [-0.15, -0.1) is 0 Å². The quantitative estimate of drug-likeness (QED) is 0.416. The van der Waals surface area contributed by atoms with Crippen LogP contribution in [0, 0.1) is 12.7 Å². The fourth-order valence-electron chi connectivity index (χ4n) is 4.31. The van der Waals surface area contributed by atoms with E-state index in [9.17, 15) is 27.5 Å². The number of β-amino-alcohol motifs (C(OH)–C–C–N with tert-alkyl or cyclic N) is 1. The van der Waals surface area contributed by atoms with Gasteiger partial charge in [0, 0.05) is 24.2 Å². The molecule has 4 aromatic rings. The van der Waals surface area contributed by atoms with Gasteiger partial charge in [-0.2, -0.15) is 18.3 Å². The molecule has 1 unspecified atom stereocenters. The monoisotopic (exact) mass is 489 g/mol. The van der Waals surface area contributed by atoms with Gasteiger partial charge < -0.3 is 10.8 Å². The van der Waals surface area contributed by atoms with Crippen molar-refractivity contribution in [3.05, 3.63) is 53.6 Å². The highest BCUT2D eigenvalue weighted by atomic mass is 19.4. The van der Waals surface area contributed by atoms with Gasteiger partial charge in [0.1, 0.15) is 5.82 Å². The molecular weight excluding hydrogens is 470 g/mol. The average Bonchev–Trinajstić information content (AvgIpc) is 3.35. The Morgan fingerprint density at radius 2 is 1.97 bits per heavy atom. The van der Waals surface area contributed by atoms with E-state index in [1.165, 1.54) is 24.5 Å². The van der Waals surface area contributed by atoms with Crippen molar-refractivity contribution in [1.29, 1.82) is 0 Å². The van der Waals surface area contributed by atoms with Gasteiger partial charge in [0.25, 0.3) is 5.91 Å². The smallest absolute Gasteiger partial charge is 0.383 e. The van der Waals surface area contributed by atoms with Crippen molar-refractivity contribution in [2.24, 2.45) is 7.05 Å². The largest absolute Gasteiger partial charge is 0.420 e. The van der Waals surface area contributed by atoms with Crippen molar-refractivity contribution in [2.45, 2.75) is 18.7 Å². The van der Waals surface area contributed by atoms with Crippen molar-refractivity contribution in [3.63, 3.8) is 0 Å². The highest BCUT2D eigenvalue weighted by Crippen LogP contribution is 2.39. The summed E-state index contributed by atoms with van der Waals surface area (Å²) in [6.07, 6.45) is -2.37. The number of hydrazine groups is 1. The summed E-state index contributed by atoms with van der Waals surface area (Å²) in [6.45, 7) is -0.646. The molecule has 1 amide bonds. The lowest BCUT2D eigenvalue weighted by Crippen LogP contribution is -2.50. The van der Waals surface area contributed by atoms with Crippen molar-refractivity contribution in [1.82, 2.24) is 24.8 Å². The summed E-state index contributed by atoms with van der Waals surface area (Å²) in [6, 6.07) is 5.35. The molecule has 1 fully saturated rings. The maximum Gasteiger partial charge on any atom is 0.420 e. The summed E-state index contributed by atoms with van der Waals surface area (Å²) in [5, 5.41) is 17.0. The highest BCUT2D eigenvalue weighted by molar-refractivity contribution is 6.10. The fourth-order valence-corrected chi connectivity index (χ4v) is 4.31. The molecule has 0 radical (unpaired) electrons. The number of aliphatic hydroxyl groups is 1. The summed E-state index contributed by atoms with van der Waals surface area (Å²) >= 11 is 0. The third-order valence-electron chi connectivity index (χ3n) is 6.14. The van der Waals surface area contributed by atoms with Crippen molar-refractivity contribution in [3.8, 4) is 0 Å². The third-order valence-corrected chi connectivity index (χ3v) is 6.14. The number of carbonyl (C=O) groups is 1. The van der Waals surface area contributed by atoms with Crippen LogP contribution in [0.4, 0.5) is 29.2 Å². The van der Waals surface area contributed by atoms with E-state index in [-0.39, 0.29) is 11.4 Å². The fraction of sp³-hybridized carbons (Fsp3) is 0.273. The number of anilines is 2. The molecule has 1 aliphatic heterocycles. The molecule has 0 saturated carbocycles. The Balaban J connectivity index is 1.67. The van der Waals surface area contributed by atoms with Crippen LogP contribution in [0.15, 0.2) is 36.7 Å². The molecule has 0 bridgehead atoms. The van der Waals surface area contributed by atoms with E-state index in [4.69, 9.17) is 5.73 Å². The number of amides is 1. The average molecular weight is 489 g/mol. The third kappa shape index (κ3) is 3.41. The maximum atomic E-state index is 14.5. The number of aryl methyl sites for hydroxylation is 2. The highest BCUT2D eigenvalue weighted by Gasteiger charge is 2.61. The molecule has 1 aromatic carbocycles. The molecule has 3 N–H and O–H groups in total. The first-order valence-electron chi connectivity index (χ1n) is 10.4. The zero-order chi connectivity index (χ0) is 25.3. The Kier molecular flexibility index (Phi) is 4.88. The first-order valence-corrected chi connectivity index (χ1v) is 10.4. The lowest BCUT2D eigenvalue weighted by molar-refractivity contribution is -0.248. The van der Waals surface area contributed by atoms with Gasteiger partial charge in [-0.1, -0.05) is 0 Å². The molecule has 1 saturated heterocycles. The van der Waals surface area contributed by atoms with E-state index in [1.807, 2.05) is 0 Å². The van der Waals surface area contributed by atoms with Crippen LogP contribution in [0.5, 0.6) is 0 Å². The Labute approximate surface area is 195 Å². The Morgan fingerprint density at radius 1 is 1.23 bits per heavy atom. The van der Waals surface area contributed by atoms with Gasteiger partial charge in [-0.25, -0.2) is 19.4 Å². The van der Waals surface area contributed by atoms with Crippen LogP contribution in [0.2, 0.25) is 0 Å². The first-order chi connectivity index (χ1) is 16.4. The number of fused-ring (bicyclic) bond motifs is 3. The number of carbonyl (C=O) groups excluding carboxylic acids is 1. The van der Waals surface area contributed by atoms with E-state index in [1.54, 1.807) is 24.7 Å². The number of rotatable bonds is 2. The number of nitrogens with zero attached hydrogens (tertiary/aromatic N) is 6. The number of nitrogens with two attached hydrogens (primary N) is 1. The zero-order valence-corrected chi connectivity index (χ0v) is 18.5. The molecule has 35 heavy (non-hydrogen) atoms. The summed E-state index contributed by atoms with van der Waals surface area (Å²) in [4.78, 5) is 21.8. The number of halogens is 4. The van der Waals surface area contributed by atoms with E-state index in [2.05, 4.69) is 15.1 Å².